The van der Waals surface area contributed by atoms with Crippen molar-refractivity contribution in [1.29, 1.82) is 0 Å². The molecular weight excluding hydrogens is 314 g/mol. The van der Waals surface area contributed by atoms with Gasteiger partial charge in [-0.2, -0.15) is 16.4 Å². The molecule has 6 nitrogen and oxygen atoms in total. The Morgan fingerprint density at radius 2 is 2.14 bits per heavy atom. The van der Waals surface area contributed by atoms with Gasteiger partial charge in [0.15, 0.2) is 5.15 Å². The van der Waals surface area contributed by atoms with Gasteiger partial charge in [0.2, 0.25) is 5.91 Å². The van der Waals surface area contributed by atoms with Crippen LogP contribution in [0.15, 0.2) is 6.20 Å². The maximum absolute atomic E-state index is 11.9. The fraction of sp³-hybridized carbons (Fsp3) is 0.615. The van der Waals surface area contributed by atoms with E-state index in [9.17, 15) is 9.59 Å². The van der Waals surface area contributed by atoms with Crippen molar-refractivity contribution in [3.05, 3.63) is 11.3 Å². The van der Waals surface area contributed by atoms with Crippen LogP contribution in [0.5, 0.6) is 0 Å². The molecule has 1 N–H and O–H groups in total. The molecular formula is C13H20ClN3O3S. The molecule has 0 fully saturated rings. The second-order valence-corrected chi connectivity index (χ2v) is 6.87. The minimum absolute atomic E-state index is 0.0468. The summed E-state index contributed by atoms with van der Waals surface area (Å²) in [7, 11) is 0. The van der Waals surface area contributed by atoms with Crippen molar-refractivity contribution in [2.45, 2.75) is 33.3 Å². The number of carbonyl (C=O) groups is 2. The van der Waals surface area contributed by atoms with E-state index < -0.39 is 11.7 Å². The first-order valence-electron chi connectivity index (χ1n) is 6.42. The molecule has 1 unspecified atom stereocenters. The average molecular weight is 334 g/mol. The average Bonchev–Trinajstić information content (AvgIpc) is 2.69. The molecule has 21 heavy (non-hydrogen) atoms. The van der Waals surface area contributed by atoms with Gasteiger partial charge in [-0.05, 0) is 27.0 Å². The predicted octanol–water partition coefficient (Wildman–Crippen LogP) is 3.26. The van der Waals surface area contributed by atoms with Gasteiger partial charge in [-0.25, -0.2) is 4.79 Å². The van der Waals surface area contributed by atoms with E-state index in [1.165, 1.54) is 6.20 Å². The Bertz CT molecular complexity index is 525. The summed E-state index contributed by atoms with van der Waals surface area (Å²) in [5.74, 6) is 0.361. The molecule has 0 saturated heterocycles. The molecule has 0 radical (unpaired) electrons. The number of ether oxygens (including phenoxy) is 1. The highest BCUT2D eigenvalue weighted by Gasteiger charge is 2.21. The summed E-state index contributed by atoms with van der Waals surface area (Å²) >= 11 is 7.51. The van der Waals surface area contributed by atoms with Crippen molar-refractivity contribution in [2.75, 3.05) is 17.3 Å². The zero-order valence-corrected chi connectivity index (χ0v) is 14.3. The van der Waals surface area contributed by atoms with Gasteiger partial charge in [0.25, 0.3) is 0 Å². The van der Waals surface area contributed by atoms with Crippen LogP contribution in [-0.4, -0.2) is 39.4 Å². The second kappa shape index (κ2) is 7.17. The van der Waals surface area contributed by atoms with Crippen molar-refractivity contribution in [3.8, 4) is 0 Å². The van der Waals surface area contributed by atoms with Crippen LogP contribution in [0.3, 0.4) is 0 Å². The summed E-state index contributed by atoms with van der Waals surface area (Å²) in [6.07, 6.45) is 2.62. The molecule has 0 aromatic carbocycles. The lowest BCUT2D eigenvalue weighted by Crippen LogP contribution is -2.27. The number of aromatic nitrogens is 2. The lowest BCUT2D eigenvalue weighted by molar-refractivity contribution is -0.118. The molecule has 118 valence electrons. The smallest absolute Gasteiger partial charge is 0.435 e. The summed E-state index contributed by atoms with van der Waals surface area (Å²) < 4.78 is 6.14. The number of hydrogen-bond acceptors (Lipinski definition) is 5. The third kappa shape index (κ3) is 5.59. The third-order valence-electron chi connectivity index (χ3n) is 2.37. The maximum atomic E-state index is 11.9. The van der Waals surface area contributed by atoms with E-state index in [-0.39, 0.29) is 17.0 Å². The Hall–Kier alpha value is -1.21. The number of thioether (sulfide) groups is 1. The van der Waals surface area contributed by atoms with Gasteiger partial charge in [0.05, 0.1) is 11.9 Å². The molecule has 1 atom stereocenters. The molecule has 1 rings (SSSR count). The maximum Gasteiger partial charge on any atom is 0.435 e. The summed E-state index contributed by atoms with van der Waals surface area (Å²) in [5, 5.41) is 6.55. The fourth-order valence-corrected chi connectivity index (χ4v) is 2.25. The van der Waals surface area contributed by atoms with Gasteiger partial charge in [0.1, 0.15) is 5.60 Å². The summed E-state index contributed by atoms with van der Waals surface area (Å²) in [6, 6.07) is 0. The van der Waals surface area contributed by atoms with Crippen LogP contribution in [0, 0.1) is 5.92 Å². The first-order valence-corrected chi connectivity index (χ1v) is 8.19. The molecule has 0 bridgehead atoms. The first-order chi connectivity index (χ1) is 9.64. The molecule has 0 aliphatic carbocycles. The van der Waals surface area contributed by atoms with Crippen LogP contribution in [0.2, 0.25) is 5.15 Å². The van der Waals surface area contributed by atoms with E-state index in [2.05, 4.69) is 10.4 Å². The van der Waals surface area contributed by atoms with Gasteiger partial charge in [0, 0.05) is 11.7 Å². The minimum Gasteiger partial charge on any atom is -0.442 e. The number of carbonyl (C=O) groups excluding carboxylic acids is 2. The summed E-state index contributed by atoms with van der Waals surface area (Å²) in [6.45, 7) is 7.08. The highest BCUT2D eigenvalue weighted by atomic mass is 35.5. The standard InChI is InChI=1S/C13H20ClN3O3S/c1-8(7-21-5)11(18)15-9-6-17(16-10(9)14)12(19)20-13(2,3)4/h6,8H,7H2,1-5H3,(H,15,18). The Kier molecular flexibility index (Phi) is 6.10. The van der Waals surface area contributed by atoms with Crippen molar-refractivity contribution in [3.63, 3.8) is 0 Å². The van der Waals surface area contributed by atoms with Crippen LogP contribution in [0.1, 0.15) is 27.7 Å². The number of nitrogens with one attached hydrogen (secondary N) is 1. The number of rotatable bonds is 4. The Balaban J connectivity index is 2.79. The quantitative estimate of drug-likeness (QED) is 0.915. The monoisotopic (exact) mass is 333 g/mol. The zero-order valence-electron chi connectivity index (χ0n) is 12.8. The Morgan fingerprint density at radius 3 is 2.67 bits per heavy atom. The SMILES string of the molecule is CSCC(C)C(=O)Nc1cn(C(=O)OC(C)(C)C)nc1Cl. The van der Waals surface area contributed by atoms with Gasteiger partial charge in [-0.15, -0.1) is 5.10 Å². The van der Waals surface area contributed by atoms with E-state index in [4.69, 9.17) is 16.3 Å². The van der Waals surface area contributed by atoms with Crippen molar-refractivity contribution in [2.24, 2.45) is 5.92 Å². The van der Waals surface area contributed by atoms with Crippen LogP contribution in [0.4, 0.5) is 10.5 Å². The molecule has 1 aromatic rings. The first kappa shape index (κ1) is 17.8. The summed E-state index contributed by atoms with van der Waals surface area (Å²) in [5.41, 5.74) is -0.341. The lowest BCUT2D eigenvalue weighted by atomic mass is 10.2. The predicted molar refractivity (Wildman–Crippen MR) is 85.0 cm³/mol. The number of amides is 1. The van der Waals surface area contributed by atoms with E-state index in [0.29, 0.717) is 11.4 Å². The van der Waals surface area contributed by atoms with Gasteiger partial charge in [-0.1, -0.05) is 18.5 Å². The van der Waals surface area contributed by atoms with Crippen LogP contribution >= 0.6 is 23.4 Å². The van der Waals surface area contributed by atoms with Crippen LogP contribution in [-0.2, 0) is 9.53 Å². The zero-order chi connectivity index (χ0) is 16.2. The Morgan fingerprint density at radius 1 is 1.52 bits per heavy atom. The molecule has 1 amide bonds. The van der Waals surface area contributed by atoms with Crippen molar-refractivity contribution >= 4 is 41.1 Å². The molecule has 0 spiro atoms. The highest BCUT2D eigenvalue weighted by Crippen LogP contribution is 2.21. The van der Waals surface area contributed by atoms with Gasteiger partial charge >= 0.3 is 6.09 Å². The van der Waals surface area contributed by atoms with E-state index in [0.717, 1.165) is 4.68 Å². The Labute approximate surface area is 133 Å². The van der Waals surface area contributed by atoms with Gasteiger partial charge in [-0.3, -0.25) is 4.79 Å². The second-order valence-electron chi connectivity index (χ2n) is 5.60. The lowest BCUT2D eigenvalue weighted by Gasteiger charge is -2.18. The number of anilines is 1. The molecule has 1 heterocycles. The molecule has 1 aromatic heterocycles. The van der Waals surface area contributed by atoms with Crippen LogP contribution in [0.25, 0.3) is 0 Å². The largest absolute Gasteiger partial charge is 0.442 e. The topological polar surface area (TPSA) is 73.2 Å². The number of halogens is 1. The molecule has 8 heteroatoms. The minimum atomic E-state index is -0.651. The van der Waals surface area contributed by atoms with Crippen molar-refractivity contribution in [1.82, 2.24) is 9.78 Å². The third-order valence-corrected chi connectivity index (χ3v) is 3.48. The molecule has 0 saturated carbocycles. The highest BCUT2D eigenvalue weighted by molar-refractivity contribution is 7.98. The van der Waals surface area contributed by atoms with E-state index >= 15 is 0 Å². The van der Waals surface area contributed by atoms with E-state index in [1.807, 2.05) is 13.2 Å². The summed E-state index contributed by atoms with van der Waals surface area (Å²) in [4.78, 5) is 23.8. The number of nitrogens with zero attached hydrogens (tertiary/aromatic N) is 2. The molecule has 0 aliphatic heterocycles. The fourth-order valence-electron chi connectivity index (χ4n) is 1.42. The molecule has 0 aliphatic rings. The van der Waals surface area contributed by atoms with E-state index in [1.54, 1.807) is 32.5 Å². The van der Waals surface area contributed by atoms with Gasteiger partial charge < -0.3 is 10.1 Å². The van der Waals surface area contributed by atoms with Crippen molar-refractivity contribution < 1.29 is 14.3 Å². The normalized spacial score (nSPS) is 12.9. The number of hydrogen-bond donors (Lipinski definition) is 1. The van der Waals surface area contributed by atoms with Crippen LogP contribution < -0.4 is 5.32 Å².